The lowest BCUT2D eigenvalue weighted by Crippen LogP contribution is -2.44. The first kappa shape index (κ1) is 18.7. The molecular weight excluding hydrogens is 286 g/mol. The minimum Gasteiger partial charge on any atom is -0.351 e. The van der Waals surface area contributed by atoms with Crippen molar-refractivity contribution in [1.29, 1.82) is 5.26 Å². The van der Waals surface area contributed by atoms with Gasteiger partial charge in [0, 0.05) is 5.92 Å². The number of nitrogens with zero attached hydrogens (tertiary/aromatic N) is 1. The highest BCUT2D eigenvalue weighted by Crippen LogP contribution is 2.38. The van der Waals surface area contributed by atoms with Gasteiger partial charge in [-0.3, -0.25) is 0 Å². The van der Waals surface area contributed by atoms with E-state index in [0.717, 1.165) is 18.8 Å². The number of rotatable bonds is 8. The Hall–Kier alpha value is -0.590. The minimum absolute atomic E-state index is 0.0604. The van der Waals surface area contributed by atoms with E-state index in [9.17, 15) is 5.26 Å². The summed E-state index contributed by atoms with van der Waals surface area (Å²) in [5, 5.41) is 9.54. The molecule has 1 saturated heterocycles. The lowest BCUT2D eigenvalue weighted by Gasteiger charge is -2.40. The number of hydrogen-bond acceptors (Lipinski definition) is 3. The Morgan fingerprint density at radius 2 is 1.61 bits per heavy atom. The molecule has 0 aromatic rings. The van der Waals surface area contributed by atoms with Gasteiger partial charge in [0.15, 0.2) is 6.29 Å². The van der Waals surface area contributed by atoms with E-state index in [0.29, 0.717) is 19.1 Å². The predicted octanol–water partition coefficient (Wildman–Crippen LogP) is 5.45. The molecule has 0 aromatic carbocycles. The Balaban J connectivity index is 1.73. The molecule has 1 aliphatic carbocycles. The van der Waals surface area contributed by atoms with E-state index >= 15 is 0 Å². The highest BCUT2D eigenvalue weighted by atomic mass is 16.7. The molecule has 0 bridgehead atoms. The fourth-order valence-corrected chi connectivity index (χ4v) is 4.07. The van der Waals surface area contributed by atoms with E-state index in [1.807, 2.05) is 0 Å². The molecule has 1 saturated carbocycles. The van der Waals surface area contributed by atoms with Gasteiger partial charge >= 0.3 is 0 Å². The second-order valence-corrected chi connectivity index (χ2v) is 7.76. The summed E-state index contributed by atoms with van der Waals surface area (Å²) < 4.78 is 12.1. The van der Waals surface area contributed by atoms with Gasteiger partial charge in [-0.25, -0.2) is 0 Å². The van der Waals surface area contributed by atoms with Crippen molar-refractivity contribution in [3.05, 3.63) is 0 Å². The summed E-state index contributed by atoms with van der Waals surface area (Å²) in [7, 11) is 0. The van der Waals surface area contributed by atoms with Crippen molar-refractivity contribution in [2.75, 3.05) is 13.2 Å². The van der Waals surface area contributed by atoms with Crippen LogP contribution < -0.4 is 0 Å². The number of nitriles is 1. The summed E-state index contributed by atoms with van der Waals surface area (Å²) in [6.07, 6.45) is 13.5. The maximum atomic E-state index is 9.54. The molecule has 0 amide bonds. The molecule has 3 heteroatoms. The second kappa shape index (κ2) is 9.64. The zero-order chi connectivity index (χ0) is 16.5. The summed E-state index contributed by atoms with van der Waals surface area (Å²) in [6, 6.07) is 2.48. The highest BCUT2D eigenvalue weighted by Gasteiger charge is 2.40. The molecule has 2 aliphatic rings. The topological polar surface area (TPSA) is 42.2 Å². The fraction of sp³-hybridized carbons (Fsp3) is 0.950. The smallest absolute Gasteiger partial charge is 0.160 e. The molecule has 0 aromatic heterocycles. The Bertz CT molecular complexity index is 360. The Morgan fingerprint density at radius 1 is 0.957 bits per heavy atom. The van der Waals surface area contributed by atoms with Gasteiger partial charge in [0.05, 0.1) is 19.3 Å². The normalized spacial score (nSPS) is 34.9. The highest BCUT2D eigenvalue weighted by molar-refractivity contribution is 5.00. The van der Waals surface area contributed by atoms with Crippen LogP contribution in [0.25, 0.3) is 0 Å². The summed E-state index contributed by atoms with van der Waals surface area (Å²) >= 11 is 0. The molecule has 3 nitrogen and oxygen atoms in total. The molecule has 0 radical (unpaired) electrons. The molecular formula is C20H35NO2. The molecule has 0 atom stereocenters. The van der Waals surface area contributed by atoms with Crippen LogP contribution in [-0.4, -0.2) is 19.5 Å². The predicted molar refractivity (Wildman–Crippen MR) is 92.9 cm³/mol. The second-order valence-electron chi connectivity index (χ2n) is 7.76. The molecule has 23 heavy (non-hydrogen) atoms. The number of ether oxygens (including phenoxy) is 2. The van der Waals surface area contributed by atoms with Gasteiger partial charge < -0.3 is 9.47 Å². The van der Waals surface area contributed by atoms with Crippen molar-refractivity contribution in [3.63, 3.8) is 0 Å². The van der Waals surface area contributed by atoms with Gasteiger partial charge in [0.2, 0.25) is 0 Å². The average molecular weight is 322 g/mol. The molecule has 0 N–H and O–H groups in total. The minimum atomic E-state index is -0.399. The largest absolute Gasteiger partial charge is 0.351 e. The maximum absolute atomic E-state index is 9.54. The molecule has 132 valence electrons. The van der Waals surface area contributed by atoms with E-state index in [1.165, 1.54) is 57.8 Å². The first-order valence-corrected chi connectivity index (χ1v) is 9.87. The summed E-state index contributed by atoms with van der Waals surface area (Å²) in [6.45, 7) is 5.60. The van der Waals surface area contributed by atoms with Crippen LogP contribution in [0.3, 0.4) is 0 Å². The third-order valence-corrected chi connectivity index (χ3v) is 5.79. The SMILES string of the molecule is CCCCCC1(C#N)COC(C2CCC(CCCC)CC2)OC1. The van der Waals surface area contributed by atoms with Crippen LogP contribution in [0.5, 0.6) is 0 Å². The van der Waals surface area contributed by atoms with Crippen LogP contribution in [0.2, 0.25) is 0 Å². The Labute approximate surface area is 142 Å². The number of unbranched alkanes of at least 4 members (excludes halogenated alkanes) is 3. The van der Waals surface area contributed by atoms with E-state index < -0.39 is 5.41 Å². The number of hydrogen-bond donors (Lipinski definition) is 0. The van der Waals surface area contributed by atoms with Gasteiger partial charge in [-0.1, -0.05) is 52.4 Å². The van der Waals surface area contributed by atoms with Gasteiger partial charge in [-0.15, -0.1) is 0 Å². The van der Waals surface area contributed by atoms with Crippen molar-refractivity contribution in [2.24, 2.45) is 17.3 Å². The monoisotopic (exact) mass is 321 g/mol. The maximum Gasteiger partial charge on any atom is 0.160 e. The molecule has 0 unspecified atom stereocenters. The Kier molecular flexibility index (Phi) is 7.86. The van der Waals surface area contributed by atoms with Crippen LogP contribution in [0.4, 0.5) is 0 Å². The van der Waals surface area contributed by atoms with Crippen molar-refractivity contribution in [2.45, 2.75) is 90.8 Å². The van der Waals surface area contributed by atoms with Gasteiger partial charge in [-0.2, -0.15) is 5.26 Å². The lowest BCUT2D eigenvalue weighted by atomic mass is 9.79. The van der Waals surface area contributed by atoms with Crippen LogP contribution in [-0.2, 0) is 9.47 Å². The molecule has 1 heterocycles. The molecule has 2 fully saturated rings. The van der Waals surface area contributed by atoms with Crippen molar-refractivity contribution >= 4 is 0 Å². The summed E-state index contributed by atoms with van der Waals surface area (Å²) in [5.41, 5.74) is -0.399. The van der Waals surface area contributed by atoms with E-state index in [1.54, 1.807) is 0 Å². The first-order chi connectivity index (χ1) is 11.2. The quantitative estimate of drug-likeness (QED) is 0.558. The summed E-state index contributed by atoms with van der Waals surface area (Å²) in [5.74, 6) is 1.46. The lowest BCUT2D eigenvalue weighted by molar-refractivity contribution is -0.244. The van der Waals surface area contributed by atoms with Gasteiger partial charge in [-0.05, 0) is 38.0 Å². The fourth-order valence-electron chi connectivity index (χ4n) is 4.07. The Morgan fingerprint density at radius 3 is 2.17 bits per heavy atom. The van der Waals surface area contributed by atoms with E-state index in [-0.39, 0.29) is 6.29 Å². The van der Waals surface area contributed by atoms with E-state index in [4.69, 9.17) is 9.47 Å². The molecule has 2 rings (SSSR count). The van der Waals surface area contributed by atoms with Crippen molar-refractivity contribution in [1.82, 2.24) is 0 Å². The average Bonchev–Trinajstić information content (AvgIpc) is 2.61. The van der Waals surface area contributed by atoms with Crippen molar-refractivity contribution < 1.29 is 9.47 Å². The zero-order valence-corrected chi connectivity index (χ0v) is 15.2. The molecule has 0 spiro atoms. The van der Waals surface area contributed by atoms with Crippen molar-refractivity contribution in [3.8, 4) is 6.07 Å². The third kappa shape index (κ3) is 5.47. The van der Waals surface area contributed by atoms with Crippen LogP contribution >= 0.6 is 0 Å². The molecule has 1 aliphatic heterocycles. The van der Waals surface area contributed by atoms with E-state index in [2.05, 4.69) is 19.9 Å². The van der Waals surface area contributed by atoms with Crippen LogP contribution in [0, 0.1) is 28.6 Å². The zero-order valence-electron chi connectivity index (χ0n) is 15.2. The first-order valence-electron chi connectivity index (χ1n) is 9.87. The summed E-state index contributed by atoms with van der Waals surface area (Å²) in [4.78, 5) is 0. The van der Waals surface area contributed by atoms with Crippen LogP contribution in [0.1, 0.15) is 84.5 Å². The standard InChI is InChI=1S/C20H35NO2/c1-3-5-7-13-20(14-21)15-22-19(23-16-20)18-11-9-17(10-12-18)8-6-4-2/h17-19H,3-13,15-16H2,1-2H3. The van der Waals surface area contributed by atoms with Gasteiger partial charge in [0.25, 0.3) is 0 Å². The van der Waals surface area contributed by atoms with Gasteiger partial charge in [0.1, 0.15) is 5.41 Å². The van der Waals surface area contributed by atoms with Crippen LogP contribution in [0.15, 0.2) is 0 Å². The third-order valence-electron chi connectivity index (χ3n) is 5.79.